The average molecular weight is 306 g/mol. The van der Waals surface area contributed by atoms with Crippen LogP contribution in [0.2, 0.25) is 0 Å². The average Bonchev–Trinajstić information content (AvgIpc) is 2.87. The zero-order chi connectivity index (χ0) is 16.2. The molecule has 2 aromatic rings. The smallest absolute Gasteiger partial charge is 0.255 e. The zero-order valence-corrected chi connectivity index (χ0v) is 13.0. The Morgan fingerprint density at radius 3 is 2.61 bits per heavy atom. The van der Waals surface area contributed by atoms with Crippen LogP contribution in [-0.4, -0.2) is 16.8 Å². The minimum Gasteiger partial charge on any atom is -0.323 e. The molecule has 1 aliphatic heterocycles. The Morgan fingerprint density at radius 1 is 1.17 bits per heavy atom. The normalized spacial score (nSPS) is 17.5. The van der Waals surface area contributed by atoms with Crippen LogP contribution in [0.5, 0.6) is 0 Å². The number of benzene rings is 2. The minimum atomic E-state index is -0.547. The number of nitrogens with zero attached hydrogens (tertiary/aromatic N) is 4. The fourth-order valence-electron chi connectivity index (χ4n) is 3.08. The van der Waals surface area contributed by atoms with E-state index in [4.69, 9.17) is 5.53 Å². The monoisotopic (exact) mass is 306 g/mol. The maximum atomic E-state index is 12.7. The summed E-state index contributed by atoms with van der Waals surface area (Å²) in [6.45, 7) is 2.01. The van der Waals surface area contributed by atoms with Crippen LogP contribution in [0.25, 0.3) is 10.4 Å². The standard InChI is InChI=1S/C18H18N4O/c1-13(11-12-14-7-3-2-4-8-14)22-17(20-21-19)15-9-5-6-10-16(15)18(22)23/h2-10,13,17H,11-12H2,1H3/t13-,17+/m1/s1. The number of carbonyl (C=O) groups is 1. The van der Waals surface area contributed by atoms with Crippen LogP contribution in [-0.2, 0) is 6.42 Å². The first-order chi connectivity index (χ1) is 11.2. The summed E-state index contributed by atoms with van der Waals surface area (Å²) in [6.07, 6.45) is 1.15. The van der Waals surface area contributed by atoms with Crippen molar-refractivity contribution in [1.29, 1.82) is 0 Å². The second kappa shape index (κ2) is 6.55. The molecule has 0 saturated carbocycles. The van der Waals surface area contributed by atoms with Crippen LogP contribution in [0.1, 0.15) is 41.0 Å². The van der Waals surface area contributed by atoms with E-state index in [0.717, 1.165) is 18.4 Å². The molecule has 1 heterocycles. The molecule has 0 N–H and O–H groups in total. The van der Waals surface area contributed by atoms with Crippen LogP contribution in [0.4, 0.5) is 0 Å². The number of aryl methyl sites for hydroxylation is 1. The van der Waals surface area contributed by atoms with Crippen molar-refractivity contribution in [2.75, 3.05) is 0 Å². The summed E-state index contributed by atoms with van der Waals surface area (Å²) in [6, 6.07) is 17.5. The first kappa shape index (κ1) is 15.1. The number of rotatable bonds is 5. The van der Waals surface area contributed by atoms with E-state index in [0.29, 0.717) is 5.56 Å². The van der Waals surface area contributed by atoms with Gasteiger partial charge in [-0.1, -0.05) is 53.6 Å². The van der Waals surface area contributed by atoms with Crippen LogP contribution in [0.15, 0.2) is 59.7 Å². The third-order valence-electron chi connectivity index (χ3n) is 4.30. The van der Waals surface area contributed by atoms with Gasteiger partial charge in [0.25, 0.3) is 5.91 Å². The minimum absolute atomic E-state index is 0.00870. The van der Waals surface area contributed by atoms with Gasteiger partial charge in [0.15, 0.2) is 0 Å². The fraction of sp³-hybridized carbons (Fsp3) is 0.278. The number of azide groups is 1. The molecule has 3 rings (SSSR count). The van der Waals surface area contributed by atoms with Crippen molar-refractivity contribution in [3.63, 3.8) is 0 Å². The maximum absolute atomic E-state index is 12.7. The van der Waals surface area contributed by atoms with E-state index >= 15 is 0 Å². The molecule has 1 amide bonds. The van der Waals surface area contributed by atoms with Gasteiger partial charge in [-0.3, -0.25) is 4.79 Å². The Hall–Kier alpha value is -2.78. The summed E-state index contributed by atoms with van der Waals surface area (Å²) >= 11 is 0. The second-order valence-corrected chi connectivity index (χ2v) is 5.75. The van der Waals surface area contributed by atoms with Gasteiger partial charge >= 0.3 is 0 Å². The Morgan fingerprint density at radius 2 is 1.87 bits per heavy atom. The van der Waals surface area contributed by atoms with Crippen molar-refractivity contribution in [3.8, 4) is 0 Å². The molecule has 5 heteroatoms. The van der Waals surface area contributed by atoms with Gasteiger partial charge < -0.3 is 4.90 Å². The van der Waals surface area contributed by atoms with Crippen LogP contribution >= 0.6 is 0 Å². The molecule has 0 spiro atoms. The molecule has 2 aromatic carbocycles. The van der Waals surface area contributed by atoms with E-state index in [9.17, 15) is 4.79 Å². The highest BCUT2D eigenvalue weighted by Crippen LogP contribution is 2.36. The summed E-state index contributed by atoms with van der Waals surface area (Å²) in [7, 11) is 0. The lowest BCUT2D eigenvalue weighted by Crippen LogP contribution is -2.36. The largest absolute Gasteiger partial charge is 0.323 e. The number of hydrogen-bond acceptors (Lipinski definition) is 2. The van der Waals surface area contributed by atoms with Gasteiger partial charge in [-0.15, -0.1) is 0 Å². The molecule has 0 bridgehead atoms. The molecule has 23 heavy (non-hydrogen) atoms. The number of hydrogen-bond donors (Lipinski definition) is 0. The second-order valence-electron chi connectivity index (χ2n) is 5.75. The van der Waals surface area contributed by atoms with Gasteiger partial charge in [0, 0.05) is 16.5 Å². The lowest BCUT2D eigenvalue weighted by atomic mass is 10.1. The highest BCUT2D eigenvalue weighted by Gasteiger charge is 2.38. The quantitative estimate of drug-likeness (QED) is 0.456. The maximum Gasteiger partial charge on any atom is 0.255 e. The summed E-state index contributed by atoms with van der Waals surface area (Å²) in [4.78, 5) is 17.3. The van der Waals surface area contributed by atoms with E-state index in [1.807, 2.05) is 43.3 Å². The van der Waals surface area contributed by atoms with Crippen molar-refractivity contribution >= 4 is 5.91 Å². The summed E-state index contributed by atoms with van der Waals surface area (Å²) in [5.41, 5.74) is 11.5. The Balaban J connectivity index is 1.80. The highest BCUT2D eigenvalue weighted by molar-refractivity contribution is 5.99. The number of amides is 1. The molecule has 5 nitrogen and oxygen atoms in total. The third-order valence-corrected chi connectivity index (χ3v) is 4.30. The molecule has 2 atom stereocenters. The lowest BCUT2D eigenvalue weighted by molar-refractivity contribution is 0.0641. The molecule has 0 aliphatic carbocycles. The van der Waals surface area contributed by atoms with E-state index in [-0.39, 0.29) is 11.9 Å². The lowest BCUT2D eigenvalue weighted by Gasteiger charge is -2.28. The number of fused-ring (bicyclic) bond motifs is 1. The first-order valence-corrected chi connectivity index (χ1v) is 7.72. The summed E-state index contributed by atoms with van der Waals surface area (Å²) in [5.74, 6) is -0.0569. The summed E-state index contributed by atoms with van der Waals surface area (Å²) in [5, 5.41) is 3.86. The predicted molar refractivity (Wildman–Crippen MR) is 88.7 cm³/mol. The van der Waals surface area contributed by atoms with Crippen molar-refractivity contribution in [1.82, 2.24) is 4.90 Å². The first-order valence-electron chi connectivity index (χ1n) is 7.72. The Kier molecular flexibility index (Phi) is 4.31. The molecule has 1 aliphatic rings. The molecule has 0 unspecified atom stereocenters. The number of carbonyl (C=O) groups excluding carboxylic acids is 1. The topological polar surface area (TPSA) is 69.1 Å². The fourth-order valence-corrected chi connectivity index (χ4v) is 3.08. The van der Waals surface area contributed by atoms with E-state index in [1.165, 1.54) is 5.56 Å². The molecule has 0 aromatic heterocycles. The van der Waals surface area contributed by atoms with Crippen molar-refractivity contribution < 1.29 is 4.79 Å². The van der Waals surface area contributed by atoms with Gasteiger partial charge in [0.05, 0.1) is 0 Å². The highest BCUT2D eigenvalue weighted by atomic mass is 16.2. The predicted octanol–water partition coefficient (Wildman–Crippen LogP) is 4.47. The molecular weight excluding hydrogens is 288 g/mol. The van der Waals surface area contributed by atoms with Gasteiger partial charge in [-0.2, -0.15) is 0 Å². The molecule has 0 radical (unpaired) electrons. The Bertz CT molecular complexity index is 753. The van der Waals surface area contributed by atoms with Crippen molar-refractivity contribution in [2.24, 2.45) is 5.11 Å². The van der Waals surface area contributed by atoms with Crippen molar-refractivity contribution in [3.05, 3.63) is 81.7 Å². The van der Waals surface area contributed by atoms with Crippen LogP contribution in [0, 0.1) is 0 Å². The van der Waals surface area contributed by atoms with Crippen molar-refractivity contribution in [2.45, 2.75) is 32.0 Å². The molecule has 0 fully saturated rings. The van der Waals surface area contributed by atoms with E-state index < -0.39 is 6.17 Å². The molecule has 116 valence electrons. The molecule has 0 saturated heterocycles. The SMILES string of the molecule is C[C@H](CCc1ccccc1)N1C(=O)c2ccccc2[C@H]1N=[N+]=[N-]. The molecular formula is C18H18N4O. The third kappa shape index (κ3) is 2.91. The summed E-state index contributed by atoms with van der Waals surface area (Å²) < 4.78 is 0. The van der Waals surface area contributed by atoms with Gasteiger partial charge in [-0.05, 0) is 42.5 Å². The van der Waals surface area contributed by atoms with Gasteiger partial charge in [-0.25, -0.2) is 0 Å². The van der Waals surface area contributed by atoms with Crippen LogP contribution < -0.4 is 0 Å². The van der Waals surface area contributed by atoms with Gasteiger partial charge in [0.2, 0.25) is 0 Å². The van der Waals surface area contributed by atoms with E-state index in [1.54, 1.807) is 11.0 Å². The van der Waals surface area contributed by atoms with Gasteiger partial charge in [0.1, 0.15) is 6.17 Å². The van der Waals surface area contributed by atoms with E-state index in [2.05, 4.69) is 22.2 Å². The Labute approximate surface area is 135 Å². The zero-order valence-electron chi connectivity index (χ0n) is 13.0. The van der Waals surface area contributed by atoms with Crippen LogP contribution in [0.3, 0.4) is 0 Å².